The monoisotopic (exact) mass is 187 g/mol. The molecular formula is C10H21NS. The Bertz CT molecular complexity index is 116. The van der Waals surface area contributed by atoms with Gasteiger partial charge in [-0.25, -0.2) is 0 Å². The van der Waals surface area contributed by atoms with Crippen LogP contribution >= 0.6 is 11.8 Å². The van der Waals surface area contributed by atoms with Gasteiger partial charge < -0.3 is 5.73 Å². The van der Waals surface area contributed by atoms with E-state index in [0.29, 0.717) is 0 Å². The average molecular weight is 187 g/mol. The molecule has 0 aliphatic heterocycles. The fourth-order valence-corrected chi connectivity index (χ4v) is 3.21. The van der Waals surface area contributed by atoms with Crippen LogP contribution in [0.1, 0.15) is 39.0 Å². The van der Waals surface area contributed by atoms with Crippen LogP contribution in [0.4, 0.5) is 0 Å². The van der Waals surface area contributed by atoms with Gasteiger partial charge in [0.15, 0.2) is 0 Å². The lowest BCUT2D eigenvalue weighted by atomic mass is 9.87. The van der Waals surface area contributed by atoms with Crippen LogP contribution in [0.3, 0.4) is 0 Å². The topological polar surface area (TPSA) is 26.0 Å². The second kappa shape index (κ2) is 5.87. The highest BCUT2D eigenvalue weighted by Crippen LogP contribution is 2.33. The maximum absolute atomic E-state index is 5.49. The summed E-state index contributed by atoms with van der Waals surface area (Å²) in [5, 5.41) is 0.923. The Morgan fingerprint density at radius 1 is 1.42 bits per heavy atom. The minimum atomic E-state index is 0.845. The van der Waals surface area contributed by atoms with Crippen LogP contribution < -0.4 is 5.73 Å². The van der Waals surface area contributed by atoms with Gasteiger partial charge in [0.1, 0.15) is 0 Å². The van der Waals surface area contributed by atoms with E-state index in [2.05, 4.69) is 18.7 Å². The standard InChI is InChI=1S/C10H21NS/c1-2-9-4-3-5-10(8-9)12-7-6-11/h9-10H,2-8,11H2,1H3. The van der Waals surface area contributed by atoms with Crippen molar-refractivity contribution >= 4 is 11.8 Å². The van der Waals surface area contributed by atoms with Crippen molar-refractivity contribution in [2.75, 3.05) is 12.3 Å². The molecule has 2 heteroatoms. The minimum absolute atomic E-state index is 0.845. The lowest BCUT2D eigenvalue weighted by molar-refractivity contribution is 0.357. The third kappa shape index (κ3) is 3.36. The number of hydrogen-bond donors (Lipinski definition) is 1. The minimum Gasteiger partial charge on any atom is -0.330 e. The lowest BCUT2D eigenvalue weighted by Gasteiger charge is -2.27. The van der Waals surface area contributed by atoms with E-state index >= 15 is 0 Å². The summed E-state index contributed by atoms with van der Waals surface area (Å²) in [6.45, 7) is 3.17. The second-order valence-corrected chi connectivity index (χ2v) is 5.13. The van der Waals surface area contributed by atoms with E-state index in [0.717, 1.165) is 23.5 Å². The molecule has 1 aliphatic rings. The number of nitrogens with two attached hydrogens (primary N) is 1. The second-order valence-electron chi connectivity index (χ2n) is 3.72. The van der Waals surface area contributed by atoms with Crippen molar-refractivity contribution < 1.29 is 0 Å². The normalized spacial score (nSPS) is 30.5. The van der Waals surface area contributed by atoms with E-state index in [1.807, 2.05) is 0 Å². The van der Waals surface area contributed by atoms with Crippen LogP contribution in [-0.4, -0.2) is 17.5 Å². The molecule has 1 aliphatic carbocycles. The third-order valence-electron chi connectivity index (χ3n) is 2.78. The van der Waals surface area contributed by atoms with E-state index in [-0.39, 0.29) is 0 Å². The van der Waals surface area contributed by atoms with Gasteiger partial charge in [0.2, 0.25) is 0 Å². The molecule has 0 spiro atoms. The maximum atomic E-state index is 5.49. The van der Waals surface area contributed by atoms with Gasteiger partial charge >= 0.3 is 0 Å². The molecule has 72 valence electrons. The molecule has 0 bridgehead atoms. The molecule has 2 atom stereocenters. The number of hydrogen-bond acceptors (Lipinski definition) is 2. The van der Waals surface area contributed by atoms with Crippen molar-refractivity contribution in [2.24, 2.45) is 11.7 Å². The molecule has 0 aromatic carbocycles. The van der Waals surface area contributed by atoms with E-state index in [1.54, 1.807) is 0 Å². The van der Waals surface area contributed by atoms with E-state index in [4.69, 9.17) is 5.73 Å². The summed E-state index contributed by atoms with van der Waals surface area (Å²) in [6, 6.07) is 0. The Morgan fingerprint density at radius 3 is 2.92 bits per heavy atom. The molecule has 0 heterocycles. The molecule has 0 aromatic rings. The van der Waals surface area contributed by atoms with Gasteiger partial charge in [-0.3, -0.25) is 0 Å². The molecular weight excluding hydrogens is 166 g/mol. The molecule has 1 nitrogen and oxygen atoms in total. The molecule has 2 unspecified atom stereocenters. The van der Waals surface area contributed by atoms with E-state index in [1.165, 1.54) is 32.1 Å². The zero-order valence-corrected chi connectivity index (χ0v) is 8.91. The van der Waals surface area contributed by atoms with Crippen molar-refractivity contribution in [3.63, 3.8) is 0 Å². The molecule has 1 fully saturated rings. The van der Waals surface area contributed by atoms with Crippen molar-refractivity contribution in [1.82, 2.24) is 0 Å². The Labute approximate surface area is 80.5 Å². The van der Waals surface area contributed by atoms with Crippen molar-refractivity contribution in [3.05, 3.63) is 0 Å². The number of rotatable bonds is 4. The van der Waals surface area contributed by atoms with E-state index < -0.39 is 0 Å². The van der Waals surface area contributed by atoms with Gasteiger partial charge in [0, 0.05) is 17.5 Å². The van der Waals surface area contributed by atoms with Crippen molar-refractivity contribution in [1.29, 1.82) is 0 Å². The average Bonchev–Trinajstić information content (AvgIpc) is 2.15. The summed E-state index contributed by atoms with van der Waals surface area (Å²) < 4.78 is 0. The molecule has 1 saturated carbocycles. The van der Waals surface area contributed by atoms with Gasteiger partial charge in [0.25, 0.3) is 0 Å². The van der Waals surface area contributed by atoms with Crippen LogP contribution in [0.5, 0.6) is 0 Å². The SMILES string of the molecule is CCC1CCCC(SCCN)C1. The molecule has 0 radical (unpaired) electrons. The molecule has 2 N–H and O–H groups in total. The summed E-state index contributed by atoms with van der Waals surface area (Å²) in [4.78, 5) is 0. The van der Waals surface area contributed by atoms with Gasteiger partial charge in [0.05, 0.1) is 0 Å². The Hall–Kier alpha value is 0.310. The van der Waals surface area contributed by atoms with Gasteiger partial charge in [-0.15, -0.1) is 0 Å². The largest absolute Gasteiger partial charge is 0.330 e. The highest BCUT2D eigenvalue weighted by molar-refractivity contribution is 7.99. The summed E-state index contributed by atoms with van der Waals surface area (Å²) in [5.74, 6) is 2.16. The van der Waals surface area contributed by atoms with Gasteiger partial charge in [-0.1, -0.05) is 26.2 Å². The predicted octanol–water partition coefficient (Wildman–Crippen LogP) is 2.65. The zero-order chi connectivity index (χ0) is 8.81. The van der Waals surface area contributed by atoms with Crippen LogP contribution in [0.2, 0.25) is 0 Å². The molecule has 12 heavy (non-hydrogen) atoms. The smallest absolute Gasteiger partial charge is 0.00586 e. The Balaban J connectivity index is 2.16. The lowest BCUT2D eigenvalue weighted by Crippen LogP contribution is -2.18. The molecule has 0 amide bonds. The summed E-state index contributed by atoms with van der Waals surface area (Å²) in [5.41, 5.74) is 5.49. The third-order valence-corrected chi connectivity index (χ3v) is 4.15. The predicted molar refractivity (Wildman–Crippen MR) is 57.5 cm³/mol. The molecule has 1 rings (SSSR count). The zero-order valence-electron chi connectivity index (χ0n) is 8.09. The molecule has 0 saturated heterocycles. The molecule has 0 aromatic heterocycles. The highest BCUT2D eigenvalue weighted by atomic mass is 32.2. The first-order valence-electron chi connectivity index (χ1n) is 5.18. The van der Waals surface area contributed by atoms with Crippen molar-refractivity contribution in [2.45, 2.75) is 44.3 Å². The Kier molecular flexibility index (Phi) is 5.08. The fourth-order valence-electron chi connectivity index (χ4n) is 2.00. The van der Waals surface area contributed by atoms with Crippen LogP contribution in [-0.2, 0) is 0 Å². The van der Waals surface area contributed by atoms with Gasteiger partial charge in [-0.2, -0.15) is 11.8 Å². The quantitative estimate of drug-likeness (QED) is 0.732. The number of thioether (sulfide) groups is 1. The Morgan fingerprint density at radius 2 is 2.25 bits per heavy atom. The highest BCUT2D eigenvalue weighted by Gasteiger charge is 2.20. The summed E-state index contributed by atoms with van der Waals surface area (Å²) >= 11 is 2.09. The van der Waals surface area contributed by atoms with Crippen LogP contribution in [0, 0.1) is 5.92 Å². The van der Waals surface area contributed by atoms with Crippen molar-refractivity contribution in [3.8, 4) is 0 Å². The first-order chi connectivity index (χ1) is 5.86. The maximum Gasteiger partial charge on any atom is 0.00586 e. The van der Waals surface area contributed by atoms with Gasteiger partial charge in [-0.05, 0) is 18.8 Å². The summed E-state index contributed by atoms with van der Waals surface area (Å²) in [7, 11) is 0. The van der Waals surface area contributed by atoms with Crippen LogP contribution in [0.25, 0.3) is 0 Å². The van der Waals surface area contributed by atoms with E-state index in [9.17, 15) is 0 Å². The summed E-state index contributed by atoms with van der Waals surface area (Å²) in [6.07, 6.45) is 7.17. The van der Waals surface area contributed by atoms with Crippen LogP contribution in [0.15, 0.2) is 0 Å². The fraction of sp³-hybridized carbons (Fsp3) is 1.00. The first kappa shape index (κ1) is 10.4. The first-order valence-corrected chi connectivity index (χ1v) is 6.23.